The molecule has 5 heteroatoms. The molecule has 0 aliphatic carbocycles. The van der Waals surface area contributed by atoms with E-state index in [0.717, 1.165) is 32.1 Å². The van der Waals surface area contributed by atoms with Gasteiger partial charge in [-0.1, -0.05) is 0 Å². The van der Waals surface area contributed by atoms with Gasteiger partial charge in [0.2, 0.25) is 5.95 Å². The van der Waals surface area contributed by atoms with E-state index in [-0.39, 0.29) is 0 Å². The van der Waals surface area contributed by atoms with E-state index in [1.165, 1.54) is 38.9 Å². The molecular formula is C14H26N4O. The Hall–Kier alpha value is -1.07. The molecule has 19 heavy (non-hydrogen) atoms. The first-order valence-corrected chi connectivity index (χ1v) is 7.36. The minimum absolute atomic E-state index is 0.794. The SMILES string of the molecule is COCCCNc1nccn1CCCN1CCCC1. The molecule has 0 saturated carbocycles. The Morgan fingerprint density at radius 1 is 1.26 bits per heavy atom. The maximum absolute atomic E-state index is 5.04. The lowest BCUT2D eigenvalue weighted by Gasteiger charge is -2.15. The third-order valence-electron chi connectivity index (χ3n) is 3.60. The molecule has 1 aliphatic heterocycles. The van der Waals surface area contributed by atoms with Crippen molar-refractivity contribution < 1.29 is 4.74 Å². The van der Waals surface area contributed by atoms with Crippen LogP contribution in [-0.4, -0.2) is 54.3 Å². The van der Waals surface area contributed by atoms with Crippen LogP contribution in [-0.2, 0) is 11.3 Å². The van der Waals surface area contributed by atoms with Crippen LogP contribution in [0, 0.1) is 0 Å². The third kappa shape index (κ3) is 4.84. The Labute approximate surface area is 116 Å². The van der Waals surface area contributed by atoms with Gasteiger partial charge in [0.05, 0.1) is 0 Å². The van der Waals surface area contributed by atoms with Crippen molar-refractivity contribution in [1.29, 1.82) is 0 Å². The summed E-state index contributed by atoms with van der Waals surface area (Å²) in [5.41, 5.74) is 0. The molecule has 1 saturated heterocycles. The molecule has 2 heterocycles. The molecule has 0 spiro atoms. The summed E-state index contributed by atoms with van der Waals surface area (Å²) >= 11 is 0. The van der Waals surface area contributed by atoms with E-state index in [1.807, 2.05) is 6.20 Å². The van der Waals surface area contributed by atoms with Crippen LogP contribution in [0.2, 0.25) is 0 Å². The van der Waals surface area contributed by atoms with Gasteiger partial charge in [0.15, 0.2) is 0 Å². The van der Waals surface area contributed by atoms with Crippen LogP contribution in [0.4, 0.5) is 5.95 Å². The van der Waals surface area contributed by atoms with Crippen molar-refractivity contribution in [3.8, 4) is 0 Å². The largest absolute Gasteiger partial charge is 0.385 e. The highest BCUT2D eigenvalue weighted by molar-refractivity contribution is 5.25. The summed E-state index contributed by atoms with van der Waals surface area (Å²) in [7, 11) is 1.74. The summed E-state index contributed by atoms with van der Waals surface area (Å²) in [5.74, 6) is 0.984. The van der Waals surface area contributed by atoms with Gasteiger partial charge in [0, 0.05) is 39.2 Å². The number of methoxy groups -OCH3 is 1. The third-order valence-corrected chi connectivity index (χ3v) is 3.60. The van der Waals surface area contributed by atoms with Gasteiger partial charge in [0.25, 0.3) is 0 Å². The summed E-state index contributed by atoms with van der Waals surface area (Å²) in [6, 6.07) is 0. The van der Waals surface area contributed by atoms with E-state index in [1.54, 1.807) is 7.11 Å². The number of anilines is 1. The normalized spacial score (nSPS) is 16.1. The molecule has 1 fully saturated rings. The highest BCUT2D eigenvalue weighted by atomic mass is 16.5. The average molecular weight is 266 g/mol. The second-order valence-electron chi connectivity index (χ2n) is 5.12. The van der Waals surface area contributed by atoms with Crippen molar-refractivity contribution in [1.82, 2.24) is 14.5 Å². The maximum atomic E-state index is 5.04. The predicted octanol–water partition coefficient (Wildman–Crippen LogP) is 1.82. The van der Waals surface area contributed by atoms with E-state index in [4.69, 9.17) is 4.74 Å². The van der Waals surface area contributed by atoms with Gasteiger partial charge in [-0.2, -0.15) is 0 Å². The summed E-state index contributed by atoms with van der Waals surface area (Å²) in [4.78, 5) is 6.92. The fraction of sp³-hybridized carbons (Fsp3) is 0.786. The molecule has 0 bridgehead atoms. The predicted molar refractivity (Wildman–Crippen MR) is 77.5 cm³/mol. The van der Waals surface area contributed by atoms with Crippen LogP contribution in [0.5, 0.6) is 0 Å². The van der Waals surface area contributed by atoms with Crippen LogP contribution in [0.15, 0.2) is 12.4 Å². The fourth-order valence-corrected chi connectivity index (χ4v) is 2.54. The van der Waals surface area contributed by atoms with Crippen molar-refractivity contribution >= 4 is 5.95 Å². The van der Waals surface area contributed by atoms with Crippen LogP contribution < -0.4 is 5.32 Å². The van der Waals surface area contributed by atoms with Gasteiger partial charge < -0.3 is 19.5 Å². The van der Waals surface area contributed by atoms with Crippen molar-refractivity contribution in [3.63, 3.8) is 0 Å². The van der Waals surface area contributed by atoms with Crippen molar-refractivity contribution in [3.05, 3.63) is 12.4 Å². The molecule has 0 unspecified atom stereocenters. The van der Waals surface area contributed by atoms with E-state index < -0.39 is 0 Å². The molecule has 0 aromatic carbocycles. The molecule has 1 aliphatic rings. The van der Waals surface area contributed by atoms with Gasteiger partial charge in [-0.25, -0.2) is 4.98 Å². The number of likely N-dealkylation sites (tertiary alicyclic amines) is 1. The highest BCUT2D eigenvalue weighted by Gasteiger charge is 2.10. The standard InChI is InChI=1S/C14H26N4O/c1-19-13-4-6-15-14-16-7-12-18(14)11-5-10-17-8-2-3-9-17/h7,12H,2-6,8-11,13H2,1H3,(H,15,16). The maximum Gasteiger partial charge on any atom is 0.202 e. The van der Waals surface area contributed by atoms with E-state index in [9.17, 15) is 0 Å². The van der Waals surface area contributed by atoms with Gasteiger partial charge in [0.1, 0.15) is 0 Å². The molecule has 108 valence electrons. The molecular weight excluding hydrogens is 240 g/mol. The lowest BCUT2D eigenvalue weighted by Crippen LogP contribution is -2.21. The smallest absolute Gasteiger partial charge is 0.202 e. The minimum Gasteiger partial charge on any atom is -0.385 e. The number of nitrogens with one attached hydrogen (secondary N) is 1. The number of hydrogen-bond donors (Lipinski definition) is 1. The summed E-state index contributed by atoms with van der Waals surface area (Å²) in [5, 5.41) is 3.36. The van der Waals surface area contributed by atoms with Crippen LogP contribution in [0.3, 0.4) is 0 Å². The monoisotopic (exact) mass is 266 g/mol. The number of aromatic nitrogens is 2. The van der Waals surface area contributed by atoms with Gasteiger partial charge in [-0.15, -0.1) is 0 Å². The Morgan fingerprint density at radius 2 is 2.11 bits per heavy atom. The van der Waals surface area contributed by atoms with E-state index >= 15 is 0 Å². The Kier molecular flexibility index (Phi) is 6.17. The molecule has 0 amide bonds. The number of nitrogens with zero attached hydrogens (tertiary/aromatic N) is 3. The minimum atomic E-state index is 0.794. The summed E-state index contributed by atoms with van der Waals surface area (Å²) in [6.45, 7) is 6.53. The molecule has 0 radical (unpaired) electrons. The Bertz CT molecular complexity index is 347. The molecule has 5 nitrogen and oxygen atoms in total. The van der Waals surface area contributed by atoms with E-state index in [0.29, 0.717) is 0 Å². The van der Waals surface area contributed by atoms with Gasteiger partial charge >= 0.3 is 0 Å². The van der Waals surface area contributed by atoms with Crippen LogP contribution in [0.1, 0.15) is 25.7 Å². The van der Waals surface area contributed by atoms with Crippen LogP contribution >= 0.6 is 0 Å². The summed E-state index contributed by atoms with van der Waals surface area (Å²) in [6.07, 6.45) is 8.88. The zero-order valence-electron chi connectivity index (χ0n) is 12.0. The molecule has 1 N–H and O–H groups in total. The highest BCUT2D eigenvalue weighted by Crippen LogP contribution is 2.10. The second-order valence-corrected chi connectivity index (χ2v) is 5.12. The first kappa shape index (κ1) is 14.3. The number of ether oxygens (including phenoxy) is 1. The average Bonchev–Trinajstić information content (AvgIpc) is 3.07. The van der Waals surface area contributed by atoms with Crippen molar-refractivity contribution in [2.24, 2.45) is 0 Å². The quantitative estimate of drug-likeness (QED) is 0.692. The van der Waals surface area contributed by atoms with Gasteiger partial charge in [-0.3, -0.25) is 0 Å². The number of imidazole rings is 1. The number of rotatable bonds is 9. The lowest BCUT2D eigenvalue weighted by atomic mass is 10.4. The molecule has 0 atom stereocenters. The molecule has 1 aromatic rings. The zero-order chi connectivity index (χ0) is 13.3. The lowest BCUT2D eigenvalue weighted by molar-refractivity contribution is 0.197. The molecule has 1 aromatic heterocycles. The fourth-order valence-electron chi connectivity index (χ4n) is 2.54. The van der Waals surface area contributed by atoms with Crippen LogP contribution in [0.25, 0.3) is 0 Å². The first-order chi connectivity index (χ1) is 9.40. The Morgan fingerprint density at radius 3 is 2.89 bits per heavy atom. The van der Waals surface area contributed by atoms with Crippen molar-refractivity contribution in [2.75, 3.05) is 45.2 Å². The van der Waals surface area contributed by atoms with Gasteiger partial charge in [-0.05, 0) is 45.3 Å². The summed E-state index contributed by atoms with van der Waals surface area (Å²) < 4.78 is 7.25. The Balaban J connectivity index is 1.66. The molecule has 2 rings (SSSR count). The second kappa shape index (κ2) is 8.17. The number of hydrogen-bond acceptors (Lipinski definition) is 4. The van der Waals surface area contributed by atoms with Crippen molar-refractivity contribution in [2.45, 2.75) is 32.2 Å². The zero-order valence-corrected chi connectivity index (χ0v) is 12.0. The topological polar surface area (TPSA) is 42.3 Å². The number of aryl methyl sites for hydroxylation is 1. The van der Waals surface area contributed by atoms with E-state index in [2.05, 4.69) is 26.0 Å². The first-order valence-electron chi connectivity index (χ1n) is 7.36.